The van der Waals surface area contributed by atoms with Gasteiger partial charge in [-0.15, -0.1) is 0 Å². The third kappa shape index (κ3) is 4.25. The summed E-state index contributed by atoms with van der Waals surface area (Å²) in [6.45, 7) is 2.70. The Hall–Kier alpha value is -2.34. The van der Waals surface area contributed by atoms with Crippen LogP contribution in [0.2, 0.25) is 0 Å². The van der Waals surface area contributed by atoms with E-state index < -0.39 is 9.84 Å². The number of carbonyl (C=O) groups is 1. The Kier molecular flexibility index (Phi) is 5.61. The Morgan fingerprint density at radius 1 is 1.12 bits per heavy atom. The zero-order chi connectivity index (χ0) is 18.6. The van der Waals surface area contributed by atoms with Crippen LogP contribution in [0.15, 0.2) is 54.6 Å². The van der Waals surface area contributed by atoms with Gasteiger partial charge in [0.2, 0.25) is 0 Å². The second-order valence-corrected chi connectivity index (χ2v) is 8.63. The molecule has 6 heteroatoms. The SMILES string of the molecule is CCOc1ccccc1C(=O)N(Cc1ccccc1)C1CCS(=O)(=O)C1. The highest BCUT2D eigenvalue weighted by Crippen LogP contribution is 2.26. The average Bonchev–Trinajstić information content (AvgIpc) is 3.00. The summed E-state index contributed by atoms with van der Waals surface area (Å²) in [5.41, 5.74) is 1.44. The molecule has 0 spiro atoms. The van der Waals surface area contributed by atoms with Crippen LogP contribution < -0.4 is 4.74 Å². The van der Waals surface area contributed by atoms with Gasteiger partial charge < -0.3 is 9.64 Å². The van der Waals surface area contributed by atoms with E-state index in [1.165, 1.54) is 0 Å². The fourth-order valence-corrected chi connectivity index (χ4v) is 4.98. The summed E-state index contributed by atoms with van der Waals surface area (Å²) in [6.07, 6.45) is 0.470. The second kappa shape index (κ2) is 7.91. The van der Waals surface area contributed by atoms with Crippen molar-refractivity contribution in [3.05, 3.63) is 65.7 Å². The zero-order valence-electron chi connectivity index (χ0n) is 14.8. The number of rotatable bonds is 6. The first-order valence-corrected chi connectivity index (χ1v) is 10.6. The van der Waals surface area contributed by atoms with Crippen LogP contribution in [0, 0.1) is 0 Å². The van der Waals surface area contributed by atoms with Gasteiger partial charge in [-0.3, -0.25) is 4.79 Å². The molecule has 26 heavy (non-hydrogen) atoms. The number of sulfone groups is 1. The summed E-state index contributed by atoms with van der Waals surface area (Å²) in [5, 5.41) is 0. The molecule has 0 aromatic heterocycles. The predicted octanol–water partition coefficient (Wildman–Crippen LogP) is 2.91. The molecule has 1 amide bonds. The molecule has 1 unspecified atom stereocenters. The monoisotopic (exact) mass is 373 g/mol. The largest absolute Gasteiger partial charge is 0.493 e. The maximum Gasteiger partial charge on any atom is 0.258 e. The van der Waals surface area contributed by atoms with Gasteiger partial charge in [-0.2, -0.15) is 0 Å². The third-order valence-electron chi connectivity index (χ3n) is 4.52. The number of benzene rings is 2. The Labute approximate surface area is 154 Å². The molecule has 0 saturated carbocycles. The van der Waals surface area contributed by atoms with E-state index in [1.807, 2.05) is 43.3 Å². The minimum Gasteiger partial charge on any atom is -0.493 e. The minimum absolute atomic E-state index is 0.0162. The van der Waals surface area contributed by atoms with Gasteiger partial charge >= 0.3 is 0 Å². The van der Waals surface area contributed by atoms with Crippen LogP contribution in [0.5, 0.6) is 5.75 Å². The van der Waals surface area contributed by atoms with E-state index >= 15 is 0 Å². The van der Waals surface area contributed by atoms with E-state index in [-0.39, 0.29) is 23.5 Å². The minimum atomic E-state index is -3.09. The Morgan fingerprint density at radius 2 is 1.81 bits per heavy atom. The van der Waals surface area contributed by atoms with Crippen molar-refractivity contribution in [2.24, 2.45) is 0 Å². The first-order valence-electron chi connectivity index (χ1n) is 8.77. The zero-order valence-corrected chi connectivity index (χ0v) is 15.6. The van der Waals surface area contributed by atoms with Crippen molar-refractivity contribution in [3.8, 4) is 5.75 Å². The summed E-state index contributed by atoms with van der Waals surface area (Å²) in [7, 11) is -3.09. The van der Waals surface area contributed by atoms with Gasteiger partial charge in [0, 0.05) is 12.6 Å². The first-order chi connectivity index (χ1) is 12.5. The molecule has 1 fully saturated rings. The van der Waals surface area contributed by atoms with E-state index in [2.05, 4.69) is 0 Å². The molecular weight excluding hydrogens is 350 g/mol. The molecule has 2 aromatic rings. The van der Waals surface area contributed by atoms with Crippen LogP contribution >= 0.6 is 0 Å². The number of nitrogens with zero attached hydrogens (tertiary/aromatic N) is 1. The Morgan fingerprint density at radius 3 is 2.46 bits per heavy atom. The van der Waals surface area contributed by atoms with Gasteiger partial charge in [-0.25, -0.2) is 8.42 Å². The molecular formula is C20H23NO4S. The fraction of sp³-hybridized carbons (Fsp3) is 0.350. The summed E-state index contributed by atoms with van der Waals surface area (Å²) in [5.74, 6) is 0.477. The van der Waals surface area contributed by atoms with E-state index in [0.717, 1.165) is 5.56 Å². The molecule has 3 rings (SSSR count). The molecule has 2 aromatic carbocycles. The van der Waals surface area contributed by atoms with Gasteiger partial charge in [0.05, 0.1) is 23.7 Å². The van der Waals surface area contributed by atoms with Gasteiger partial charge in [-0.05, 0) is 31.0 Å². The standard InChI is InChI=1S/C20H23NO4S/c1-2-25-19-11-7-6-10-18(19)20(22)21(14-16-8-4-3-5-9-16)17-12-13-26(23,24)15-17/h3-11,17H,2,12-15H2,1H3. The van der Waals surface area contributed by atoms with Gasteiger partial charge in [0.1, 0.15) is 5.75 Å². The van der Waals surface area contributed by atoms with Gasteiger partial charge in [-0.1, -0.05) is 42.5 Å². The van der Waals surface area contributed by atoms with E-state index in [4.69, 9.17) is 4.74 Å². The van der Waals surface area contributed by atoms with Crippen LogP contribution in [-0.2, 0) is 16.4 Å². The molecule has 5 nitrogen and oxygen atoms in total. The van der Waals surface area contributed by atoms with Crippen LogP contribution in [0.1, 0.15) is 29.3 Å². The number of amides is 1. The molecule has 0 bridgehead atoms. The maximum atomic E-state index is 13.3. The van der Waals surface area contributed by atoms with E-state index in [1.54, 1.807) is 23.1 Å². The van der Waals surface area contributed by atoms with Crippen molar-refractivity contribution in [3.63, 3.8) is 0 Å². The molecule has 0 N–H and O–H groups in total. The number of carbonyl (C=O) groups excluding carboxylic acids is 1. The van der Waals surface area contributed by atoms with Crippen LogP contribution in [-0.4, -0.2) is 43.4 Å². The lowest BCUT2D eigenvalue weighted by molar-refractivity contribution is 0.0676. The highest BCUT2D eigenvalue weighted by atomic mass is 32.2. The first kappa shape index (κ1) is 18.5. The average molecular weight is 373 g/mol. The van der Waals surface area contributed by atoms with Crippen molar-refractivity contribution in [1.29, 1.82) is 0 Å². The number of hydrogen-bond donors (Lipinski definition) is 0. The van der Waals surface area contributed by atoms with Crippen LogP contribution in [0.4, 0.5) is 0 Å². The van der Waals surface area contributed by atoms with Crippen molar-refractivity contribution in [1.82, 2.24) is 4.90 Å². The van der Waals surface area contributed by atoms with Crippen LogP contribution in [0.25, 0.3) is 0 Å². The fourth-order valence-electron chi connectivity index (χ4n) is 3.25. The lowest BCUT2D eigenvalue weighted by Crippen LogP contribution is -2.40. The smallest absolute Gasteiger partial charge is 0.258 e. The molecule has 0 aliphatic carbocycles. The summed E-state index contributed by atoms with van der Waals surface area (Å²) >= 11 is 0. The lowest BCUT2D eigenvalue weighted by Gasteiger charge is -2.29. The van der Waals surface area contributed by atoms with Crippen molar-refractivity contribution in [2.45, 2.75) is 25.9 Å². The quantitative estimate of drug-likeness (QED) is 0.781. The third-order valence-corrected chi connectivity index (χ3v) is 6.27. The molecule has 1 aliphatic heterocycles. The highest BCUT2D eigenvalue weighted by Gasteiger charge is 2.35. The molecule has 1 saturated heterocycles. The molecule has 0 radical (unpaired) electrons. The van der Waals surface area contributed by atoms with E-state index in [9.17, 15) is 13.2 Å². The van der Waals surface area contributed by atoms with E-state index in [0.29, 0.717) is 30.9 Å². The number of para-hydroxylation sites is 1. The Balaban J connectivity index is 1.93. The topological polar surface area (TPSA) is 63.7 Å². The summed E-state index contributed by atoms with van der Waals surface area (Å²) in [4.78, 5) is 15.0. The summed E-state index contributed by atoms with van der Waals surface area (Å²) in [6, 6.07) is 16.4. The molecule has 138 valence electrons. The molecule has 1 aliphatic rings. The van der Waals surface area contributed by atoms with Crippen LogP contribution in [0.3, 0.4) is 0 Å². The van der Waals surface area contributed by atoms with Crippen molar-refractivity contribution < 1.29 is 17.9 Å². The summed E-state index contributed by atoms with van der Waals surface area (Å²) < 4.78 is 29.5. The predicted molar refractivity (Wildman–Crippen MR) is 101 cm³/mol. The molecule has 1 heterocycles. The highest BCUT2D eigenvalue weighted by molar-refractivity contribution is 7.91. The van der Waals surface area contributed by atoms with Crippen molar-refractivity contribution >= 4 is 15.7 Å². The van der Waals surface area contributed by atoms with Crippen molar-refractivity contribution in [2.75, 3.05) is 18.1 Å². The maximum absolute atomic E-state index is 13.3. The molecule has 1 atom stereocenters. The second-order valence-electron chi connectivity index (χ2n) is 6.40. The number of ether oxygens (including phenoxy) is 1. The van der Waals surface area contributed by atoms with Gasteiger partial charge in [0.15, 0.2) is 9.84 Å². The number of hydrogen-bond acceptors (Lipinski definition) is 4. The van der Waals surface area contributed by atoms with Gasteiger partial charge in [0.25, 0.3) is 5.91 Å². The Bertz CT molecular complexity index is 864. The lowest BCUT2D eigenvalue weighted by atomic mass is 10.1. The normalized spacial score (nSPS) is 18.4.